The van der Waals surface area contributed by atoms with E-state index in [-0.39, 0.29) is 0 Å². The van der Waals surface area contributed by atoms with E-state index in [2.05, 4.69) is 21.0 Å². The van der Waals surface area contributed by atoms with Crippen molar-refractivity contribution in [3.05, 3.63) is 41.6 Å². The maximum absolute atomic E-state index is 12.4. The van der Waals surface area contributed by atoms with E-state index >= 15 is 0 Å². The summed E-state index contributed by atoms with van der Waals surface area (Å²) in [5, 5.41) is 6.35. The topological polar surface area (TPSA) is 28.7 Å². The lowest BCUT2D eigenvalue weighted by Gasteiger charge is -2.00. The summed E-state index contributed by atoms with van der Waals surface area (Å²) < 4.78 is 37.1. The lowest BCUT2D eigenvalue weighted by Crippen LogP contribution is -2.04. The molecule has 17 heavy (non-hydrogen) atoms. The summed E-state index contributed by atoms with van der Waals surface area (Å²) in [6.45, 7) is 0. The normalized spacial score (nSPS) is 11.8. The van der Waals surface area contributed by atoms with Gasteiger partial charge in [0, 0.05) is 10.9 Å². The molecule has 0 saturated heterocycles. The lowest BCUT2D eigenvalue weighted by atomic mass is 10.1. The quantitative estimate of drug-likeness (QED) is 0.835. The van der Waals surface area contributed by atoms with Crippen molar-refractivity contribution in [3.8, 4) is 11.3 Å². The molecule has 0 atom stereocenters. The molecule has 0 aliphatic heterocycles. The number of hydrogen-bond donors (Lipinski definition) is 1. The second-order valence-corrected chi connectivity index (χ2v) is 4.06. The Morgan fingerprint density at radius 3 is 2.29 bits per heavy atom. The van der Waals surface area contributed by atoms with Crippen LogP contribution in [0, 0.1) is 0 Å². The van der Waals surface area contributed by atoms with Crippen molar-refractivity contribution >= 4 is 15.9 Å². The molecule has 0 unspecified atom stereocenters. The third kappa shape index (κ3) is 2.69. The molecule has 0 aliphatic rings. The minimum absolute atomic E-state index is 0.290. The third-order valence-corrected chi connectivity index (χ3v) is 2.93. The van der Waals surface area contributed by atoms with Crippen LogP contribution >= 0.6 is 15.9 Å². The summed E-state index contributed by atoms with van der Waals surface area (Å²) in [6.07, 6.45) is -4.39. The third-order valence-electron chi connectivity index (χ3n) is 2.29. The molecule has 2 aromatic rings. The SMILES string of the molecule is FC(F)(F)c1cc(-c2ccc(CBr)cc2)n[nH]1. The highest BCUT2D eigenvalue weighted by molar-refractivity contribution is 9.08. The van der Waals surface area contributed by atoms with Crippen LogP contribution in [0.25, 0.3) is 11.3 Å². The maximum atomic E-state index is 12.4. The molecule has 1 aromatic carbocycles. The van der Waals surface area contributed by atoms with E-state index in [0.29, 0.717) is 16.6 Å². The smallest absolute Gasteiger partial charge is 0.273 e. The van der Waals surface area contributed by atoms with Gasteiger partial charge in [-0.25, -0.2) is 0 Å². The highest BCUT2D eigenvalue weighted by atomic mass is 79.9. The molecule has 1 aromatic heterocycles. The number of alkyl halides is 4. The monoisotopic (exact) mass is 304 g/mol. The molecule has 90 valence electrons. The van der Waals surface area contributed by atoms with Crippen molar-refractivity contribution in [3.63, 3.8) is 0 Å². The van der Waals surface area contributed by atoms with Crippen molar-refractivity contribution in [1.82, 2.24) is 10.2 Å². The molecule has 2 rings (SSSR count). The van der Waals surface area contributed by atoms with Gasteiger partial charge in [-0.2, -0.15) is 18.3 Å². The summed E-state index contributed by atoms with van der Waals surface area (Å²) in [5.74, 6) is 0. The largest absolute Gasteiger partial charge is 0.432 e. The van der Waals surface area contributed by atoms with Gasteiger partial charge in [0.05, 0.1) is 5.69 Å². The molecule has 0 radical (unpaired) electrons. The minimum atomic E-state index is -4.39. The lowest BCUT2D eigenvalue weighted by molar-refractivity contribution is -0.141. The first kappa shape index (κ1) is 12.2. The molecule has 6 heteroatoms. The molecule has 1 N–H and O–H groups in total. The number of aromatic nitrogens is 2. The molecule has 0 saturated carbocycles. The van der Waals surface area contributed by atoms with E-state index in [1.54, 1.807) is 12.1 Å². The summed E-state index contributed by atoms with van der Waals surface area (Å²) >= 11 is 3.30. The van der Waals surface area contributed by atoms with Crippen LogP contribution in [0.4, 0.5) is 13.2 Å². The number of aromatic amines is 1. The summed E-state index contributed by atoms with van der Waals surface area (Å²) in [6, 6.07) is 8.17. The van der Waals surface area contributed by atoms with E-state index in [4.69, 9.17) is 0 Å². The average Bonchev–Trinajstić information content (AvgIpc) is 2.78. The van der Waals surface area contributed by atoms with Gasteiger partial charge < -0.3 is 0 Å². The van der Waals surface area contributed by atoms with Gasteiger partial charge in [0.15, 0.2) is 0 Å². The Kier molecular flexibility index (Phi) is 3.24. The summed E-state index contributed by atoms with van der Waals surface area (Å²) in [5.41, 5.74) is 1.16. The van der Waals surface area contributed by atoms with Crippen molar-refractivity contribution in [2.75, 3.05) is 0 Å². The van der Waals surface area contributed by atoms with Crippen molar-refractivity contribution in [1.29, 1.82) is 0 Å². The van der Waals surface area contributed by atoms with Gasteiger partial charge in [-0.1, -0.05) is 40.2 Å². The van der Waals surface area contributed by atoms with Gasteiger partial charge in [-0.05, 0) is 11.6 Å². The number of H-pyrrole nitrogens is 1. The number of benzene rings is 1. The fraction of sp³-hybridized carbons (Fsp3) is 0.182. The highest BCUT2D eigenvalue weighted by Crippen LogP contribution is 2.30. The first-order chi connectivity index (χ1) is 8.00. The highest BCUT2D eigenvalue weighted by Gasteiger charge is 2.33. The summed E-state index contributed by atoms with van der Waals surface area (Å²) in [7, 11) is 0. The van der Waals surface area contributed by atoms with Crippen LogP contribution < -0.4 is 0 Å². The van der Waals surface area contributed by atoms with Gasteiger partial charge in [-0.15, -0.1) is 0 Å². The van der Waals surface area contributed by atoms with Crippen LogP contribution in [0.1, 0.15) is 11.3 Å². The number of halogens is 4. The fourth-order valence-corrected chi connectivity index (χ4v) is 1.75. The molecule has 0 amide bonds. The van der Waals surface area contributed by atoms with Crippen LogP contribution in [-0.2, 0) is 11.5 Å². The molecular formula is C11H8BrF3N2. The molecule has 0 bridgehead atoms. The van der Waals surface area contributed by atoms with Gasteiger partial charge in [0.1, 0.15) is 5.69 Å². The number of hydrogen-bond acceptors (Lipinski definition) is 1. The molecule has 0 aliphatic carbocycles. The van der Waals surface area contributed by atoms with Crippen molar-refractivity contribution in [2.45, 2.75) is 11.5 Å². The number of nitrogens with one attached hydrogen (secondary N) is 1. The fourth-order valence-electron chi connectivity index (χ4n) is 1.38. The van der Waals surface area contributed by atoms with Gasteiger partial charge in [0.2, 0.25) is 0 Å². The number of nitrogens with zero attached hydrogens (tertiary/aromatic N) is 1. The first-order valence-electron chi connectivity index (χ1n) is 4.78. The van der Waals surface area contributed by atoms with Gasteiger partial charge in [0.25, 0.3) is 0 Å². The molecule has 0 spiro atoms. The van der Waals surface area contributed by atoms with Crippen LogP contribution in [-0.4, -0.2) is 10.2 Å². The Balaban J connectivity index is 2.30. The zero-order valence-electron chi connectivity index (χ0n) is 8.55. The van der Waals surface area contributed by atoms with Gasteiger partial charge in [-0.3, -0.25) is 5.10 Å². The van der Waals surface area contributed by atoms with E-state index in [1.165, 1.54) is 0 Å². The van der Waals surface area contributed by atoms with Crippen LogP contribution in [0.3, 0.4) is 0 Å². The predicted molar refractivity (Wildman–Crippen MR) is 61.7 cm³/mol. The Morgan fingerprint density at radius 1 is 1.18 bits per heavy atom. The van der Waals surface area contributed by atoms with Crippen molar-refractivity contribution < 1.29 is 13.2 Å². The maximum Gasteiger partial charge on any atom is 0.432 e. The predicted octanol–water partition coefficient (Wildman–Crippen LogP) is 3.99. The Bertz CT molecular complexity index is 502. The Morgan fingerprint density at radius 2 is 1.82 bits per heavy atom. The Hall–Kier alpha value is -1.30. The van der Waals surface area contributed by atoms with Crippen LogP contribution in [0.5, 0.6) is 0 Å². The molecule has 0 fully saturated rings. The Labute approximate surface area is 104 Å². The zero-order chi connectivity index (χ0) is 12.5. The minimum Gasteiger partial charge on any atom is -0.273 e. The number of rotatable bonds is 2. The molecular weight excluding hydrogens is 297 g/mol. The first-order valence-corrected chi connectivity index (χ1v) is 5.91. The summed E-state index contributed by atoms with van der Waals surface area (Å²) in [4.78, 5) is 0. The van der Waals surface area contributed by atoms with Crippen LogP contribution in [0.15, 0.2) is 30.3 Å². The second kappa shape index (κ2) is 4.52. The van der Waals surface area contributed by atoms with E-state index in [0.717, 1.165) is 11.6 Å². The van der Waals surface area contributed by atoms with Crippen LogP contribution in [0.2, 0.25) is 0 Å². The van der Waals surface area contributed by atoms with Crippen molar-refractivity contribution in [2.24, 2.45) is 0 Å². The van der Waals surface area contributed by atoms with Gasteiger partial charge >= 0.3 is 6.18 Å². The molecule has 2 nitrogen and oxygen atoms in total. The van der Waals surface area contributed by atoms with E-state index < -0.39 is 11.9 Å². The second-order valence-electron chi connectivity index (χ2n) is 3.50. The van der Waals surface area contributed by atoms with E-state index in [1.807, 2.05) is 17.2 Å². The molecule has 1 heterocycles. The zero-order valence-corrected chi connectivity index (χ0v) is 10.1. The standard InChI is InChI=1S/C11H8BrF3N2/c12-6-7-1-3-8(4-2-7)9-5-10(17-16-9)11(13,14)15/h1-5H,6H2,(H,16,17). The average molecular weight is 305 g/mol. The van der Waals surface area contributed by atoms with E-state index in [9.17, 15) is 13.2 Å².